The Labute approximate surface area is 151 Å². The molecule has 1 saturated carbocycles. The van der Waals surface area contributed by atoms with Crippen LogP contribution >= 0.6 is 28.3 Å². The van der Waals surface area contributed by atoms with Crippen LogP contribution in [0, 0.1) is 5.92 Å². The summed E-state index contributed by atoms with van der Waals surface area (Å²) in [4.78, 5) is 12.2. The molecule has 3 N–H and O–H groups in total. The molecule has 1 aliphatic rings. The summed E-state index contributed by atoms with van der Waals surface area (Å²) < 4.78 is 24.6. The Balaban J connectivity index is 0.00000264. The number of sulfone groups is 1. The van der Waals surface area contributed by atoms with Crippen molar-refractivity contribution in [3.8, 4) is 0 Å². The summed E-state index contributed by atoms with van der Waals surface area (Å²) in [5.74, 6) is 0.140. The number of carbonyl (C=O) groups is 1. The molecule has 0 saturated heterocycles. The predicted molar refractivity (Wildman–Crippen MR) is 97.3 cm³/mol. The molecule has 23 heavy (non-hydrogen) atoms. The van der Waals surface area contributed by atoms with E-state index in [2.05, 4.69) is 21.2 Å². The number of amides is 1. The fraction of sp³-hybridized carbons (Fsp3) is 0.533. The Hall–Kier alpha value is -0.630. The quantitative estimate of drug-likeness (QED) is 0.699. The van der Waals surface area contributed by atoms with Crippen molar-refractivity contribution in [2.75, 3.05) is 18.1 Å². The van der Waals surface area contributed by atoms with Gasteiger partial charge in [0.1, 0.15) is 5.54 Å². The standard InChI is InChI=1S/C15H21BrN2O3S.ClH/c1-15(17,12-4-6-13(16)7-5-12)14(19)18-8-9-22(20,21)10-11-2-3-11;/h4-7,11H,2-3,8-10,17H2,1H3,(H,18,19);1H. The van der Waals surface area contributed by atoms with Gasteiger partial charge in [-0.1, -0.05) is 28.1 Å². The van der Waals surface area contributed by atoms with Crippen molar-refractivity contribution >= 4 is 44.1 Å². The summed E-state index contributed by atoms with van der Waals surface area (Å²) in [6, 6.07) is 7.17. The molecule has 130 valence electrons. The fourth-order valence-electron chi connectivity index (χ4n) is 2.16. The molecule has 1 atom stereocenters. The highest BCUT2D eigenvalue weighted by molar-refractivity contribution is 9.10. The summed E-state index contributed by atoms with van der Waals surface area (Å²) in [6.45, 7) is 1.71. The van der Waals surface area contributed by atoms with Gasteiger partial charge < -0.3 is 11.1 Å². The van der Waals surface area contributed by atoms with Crippen LogP contribution < -0.4 is 11.1 Å². The molecular weight excluding hydrogens is 404 g/mol. The normalized spacial score (nSPS) is 17.0. The summed E-state index contributed by atoms with van der Waals surface area (Å²) in [5.41, 5.74) is 5.58. The molecule has 8 heteroatoms. The van der Waals surface area contributed by atoms with E-state index in [1.54, 1.807) is 19.1 Å². The van der Waals surface area contributed by atoms with Crippen molar-refractivity contribution in [1.29, 1.82) is 0 Å². The van der Waals surface area contributed by atoms with Gasteiger partial charge in [0.05, 0.1) is 11.5 Å². The number of nitrogens with two attached hydrogens (primary N) is 1. The van der Waals surface area contributed by atoms with Crippen molar-refractivity contribution in [3.05, 3.63) is 34.3 Å². The highest BCUT2D eigenvalue weighted by Crippen LogP contribution is 2.30. The van der Waals surface area contributed by atoms with Gasteiger partial charge in [0.25, 0.3) is 0 Å². The topological polar surface area (TPSA) is 89.3 Å². The van der Waals surface area contributed by atoms with Crippen LogP contribution in [0.3, 0.4) is 0 Å². The number of carbonyl (C=O) groups excluding carboxylic acids is 1. The zero-order valence-corrected chi connectivity index (χ0v) is 16.1. The lowest BCUT2D eigenvalue weighted by atomic mass is 9.92. The van der Waals surface area contributed by atoms with E-state index in [0.717, 1.165) is 17.3 Å². The number of halogens is 2. The number of hydrogen-bond donors (Lipinski definition) is 2. The first-order valence-corrected chi connectivity index (χ1v) is 9.86. The van der Waals surface area contributed by atoms with E-state index in [0.29, 0.717) is 11.5 Å². The molecule has 1 aromatic rings. The Bertz CT molecular complexity index is 643. The lowest BCUT2D eigenvalue weighted by Gasteiger charge is -2.24. The molecule has 1 unspecified atom stereocenters. The van der Waals surface area contributed by atoms with Crippen molar-refractivity contribution < 1.29 is 13.2 Å². The SMILES string of the molecule is CC(N)(C(=O)NCCS(=O)(=O)CC1CC1)c1ccc(Br)cc1.Cl. The molecule has 0 spiro atoms. The van der Waals surface area contributed by atoms with Gasteiger partial charge in [-0.25, -0.2) is 8.42 Å². The summed E-state index contributed by atoms with van der Waals surface area (Å²) >= 11 is 3.33. The first kappa shape index (κ1) is 20.4. The van der Waals surface area contributed by atoms with Crippen LogP contribution in [0.1, 0.15) is 25.3 Å². The van der Waals surface area contributed by atoms with Gasteiger partial charge in [-0.15, -0.1) is 12.4 Å². The molecule has 1 aliphatic carbocycles. The lowest BCUT2D eigenvalue weighted by molar-refractivity contribution is -0.125. The molecule has 5 nitrogen and oxygen atoms in total. The van der Waals surface area contributed by atoms with E-state index >= 15 is 0 Å². The smallest absolute Gasteiger partial charge is 0.244 e. The van der Waals surface area contributed by atoms with Crippen molar-refractivity contribution in [2.24, 2.45) is 11.7 Å². The van der Waals surface area contributed by atoms with Crippen LogP contribution in [0.5, 0.6) is 0 Å². The van der Waals surface area contributed by atoms with E-state index in [4.69, 9.17) is 5.73 Å². The zero-order chi connectivity index (χ0) is 16.4. The summed E-state index contributed by atoms with van der Waals surface area (Å²) in [6.07, 6.45) is 1.99. The lowest BCUT2D eigenvalue weighted by Crippen LogP contribution is -2.50. The van der Waals surface area contributed by atoms with E-state index in [-0.39, 0.29) is 36.4 Å². The van der Waals surface area contributed by atoms with Gasteiger partial charge in [0.15, 0.2) is 9.84 Å². The van der Waals surface area contributed by atoms with Gasteiger partial charge in [0, 0.05) is 11.0 Å². The Morgan fingerprint density at radius 1 is 1.35 bits per heavy atom. The van der Waals surface area contributed by atoms with Gasteiger partial charge >= 0.3 is 0 Å². The van der Waals surface area contributed by atoms with Crippen molar-refractivity contribution in [1.82, 2.24) is 5.32 Å². The Morgan fingerprint density at radius 3 is 2.43 bits per heavy atom. The molecule has 0 radical (unpaired) electrons. The van der Waals surface area contributed by atoms with Gasteiger partial charge in [-0.3, -0.25) is 4.79 Å². The first-order chi connectivity index (χ1) is 10.2. The molecule has 0 heterocycles. The molecule has 1 aromatic carbocycles. The van der Waals surface area contributed by atoms with Crippen LogP contribution in [-0.4, -0.2) is 32.4 Å². The molecule has 0 aromatic heterocycles. The summed E-state index contributed by atoms with van der Waals surface area (Å²) in [7, 11) is -3.09. The second-order valence-corrected chi connectivity index (χ2v) is 9.17. The third-order valence-electron chi connectivity index (χ3n) is 3.80. The van der Waals surface area contributed by atoms with Gasteiger partial charge in [-0.2, -0.15) is 0 Å². The van der Waals surface area contributed by atoms with Gasteiger partial charge in [-0.05, 0) is 43.4 Å². The van der Waals surface area contributed by atoms with E-state index in [1.165, 1.54) is 0 Å². The van der Waals surface area contributed by atoms with Crippen LogP contribution in [0.2, 0.25) is 0 Å². The first-order valence-electron chi connectivity index (χ1n) is 7.24. The average molecular weight is 426 g/mol. The van der Waals surface area contributed by atoms with Crippen molar-refractivity contribution in [2.45, 2.75) is 25.3 Å². The maximum absolute atomic E-state index is 12.2. The average Bonchev–Trinajstić information content (AvgIpc) is 3.22. The third-order valence-corrected chi connectivity index (χ3v) is 6.13. The van der Waals surface area contributed by atoms with Crippen LogP contribution in [0.15, 0.2) is 28.7 Å². The zero-order valence-electron chi connectivity index (χ0n) is 12.9. The van der Waals surface area contributed by atoms with Crippen LogP contribution in [-0.2, 0) is 20.2 Å². The predicted octanol–water partition coefficient (Wildman–Crippen LogP) is 1.99. The minimum Gasteiger partial charge on any atom is -0.353 e. The fourth-order valence-corrected chi connectivity index (χ4v) is 4.05. The van der Waals surface area contributed by atoms with E-state index in [1.807, 2.05) is 12.1 Å². The maximum Gasteiger partial charge on any atom is 0.244 e. The number of nitrogens with one attached hydrogen (secondary N) is 1. The molecule has 0 aliphatic heterocycles. The van der Waals surface area contributed by atoms with Crippen LogP contribution in [0.25, 0.3) is 0 Å². The summed E-state index contributed by atoms with van der Waals surface area (Å²) in [5, 5.41) is 2.63. The number of benzene rings is 1. The second-order valence-electron chi connectivity index (χ2n) is 6.02. The van der Waals surface area contributed by atoms with E-state index in [9.17, 15) is 13.2 Å². The third kappa shape index (κ3) is 6.06. The molecule has 1 fully saturated rings. The molecular formula is C15H22BrClN2O3S. The molecule has 0 bridgehead atoms. The Morgan fingerprint density at radius 2 is 1.91 bits per heavy atom. The molecule has 2 rings (SSSR count). The highest BCUT2D eigenvalue weighted by Gasteiger charge is 2.31. The van der Waals surface area contributed by atoms with Gasteiger partial charge in [0.2, 0.25) is 5.91 Å². The maximum atomic E-state index is 12.2. The van der Waals surface area contributed by atoms with Crippen molar-refractivity contribution in [3.63, 3.8) is 0 Å². The monoisotopic (exact) mass is 424 g/mol. The minimum absolute atomic E-state index is 0. The molecule has 1 amide bonds. The van der Waals surface area contributed by atoms with E-state index < -0.39 is 15.4 Å². The highest BCUT2D eigenvalue weighted by atomic mass is 79.9. The largest absolute Gasteiger partial charge is 0.353 e. The minimum atomic E-state index is -3.09. The van der Waals surface area contributed by atoms with Crippen LogP contribution in [0.4, 0.5) is 0 Å². The number of rotatable bonds is 7. The Kier molecular flexibility index (Phi) is 7.07. The number of hydrogen-bond acceptors (Lipinski definition) is 4. The second kappa shape index (κ2) is 7.96.